The molecule has 0 fully saturated rings. The second-order valence-corrected chi connectivity index (χ2v) is 1.52. The fourth-order valence-electron chi connectivity index (χ4n) is 0.185. The molecule has 1 heterocycles. The first-order chi connectivity index (χ1) is 3.72. The third-order valence-electron chi connectivity index (χ3n) is 0.376. The van der Waals surface area contributed by atoms with Crippen molar-refractivity contribution >= 4 is 15.9 Å². The van der Waals surface area contributed by atoms with Crippen LogP contribution in [0.2, 0.25) is 0 Å². The summed E-state index contributed by atoms with van der Waals surface area (Å²) < 4.78 is 14.3. The number of halogens is 1. The molecule has 1 aromatic heterocycles. The summed E-state index contributed by atoms with van der Waals surface area (Å²) in [6.45, 7) is 0. The van der Waals surface area contributed by atoms with E-state index in [9.17, 15) is 0 Å². The van der Waals surface area contributed by atoms with E-state index in [4.69, 9.17) is 2.74 Å². The molecule has 2 nitrogen and oxygen atoms in total. The van der Waals surface area contributed by atoms with Crippen molar-refractivity contribution in [3.05, 3.63) is 16.8 Å². The molecule has 0 aliphatic heterocycles. The molecule has 0 atom stereocenters. The predicted molar refractivity (Wildman–Crippen MR) is 26.3 cm³/mol. The van der Waals surface area contributed by atoms with E-state index < -0.39 is 0 Å². The molecule has 0 aromatic carbocycles. The zero-order valence-corrected chi connectivity index (χ0v) is 4.41. The molecule has 0 unspecified atom stereocenters. The van der Waals surface area contributed by atoms with Crippen LogP contribution in [0.25, 0.3) is 0 Å². The third-order valence-corrected chi connectivity index (χ3v) is 0.751. The normalized spacial score (nSPS) is 13.5. The lowest BCUT2D eigenvalue weighted by atomic mass is 10.8. The SMILES string of the molecule is [2H]c1[nH]nc(Br)c1[2H]. The molecule has 0 radical (unpaired) electrons. The van der Waals surface area contributed by atoms with Crippen molar-refractivity contribution in [3.8, 4) is 0 Å². The summed E-state index contributed by atoms with van der Waals surface area (Å²) in [7, 11) is 0. The highest BCUT2D eigenvalue weighted by molar-refractivity contribution is 9.10. The van der Waals surface area contributed by atoms with Crippen LogP contribution < -0.4 is 0 Å². The van der Waals surface area contributed by atoms with Gasteiger partial charge in [-0.25, -0.2) is 0 Å². The second kappa shape index (κ2) is 1.43. The molecule has 0 saturated carbocycles. The molecule has 0 amide bonds. The molecule has 0 aliphatic carbocycles. The van der Waals surface area contributed by atoms with Crippen LogP contribution in [0.5, 0.6) is 0 Å². The Morgan fingerprint density at radius 3 is 3.17 bits per heavy atom. The predicted octanol–water partition coefficient (Wildman–Crippen LogP) is 1.17. The molecule has 3 heteroatoms. The van der Waals surface area contributed by atoms with E-state index in [1.165, 1.54) is 0 Å². The van der Waals surface area contributed by atoms with Crippen LogP contribution in [0, 0.1) is 0 Å². The van der Waals surface area contributed by atoms with Crippen molar-refractivity contribution in [2.45, 2.75) is 0 Å². The van der Waals surface area contributed by atoms with E-state index in [0.29, 0.717) is 4.60 Å². The minimum Gasteiger partial charge on any atom is -0.285 e. The molecule has 32 valence electrons. The summed E-state index contributed by atoms with van der Waals surface area (Å²) in [5.74, 6) is 0. The smallest absolute Gasteiger partial charge is 0.127 e. The van der Waals surface area contributed by atoms with Crippen LogP contribution in [0.15, 0.2) is 16.8 Å². The number of hydrogen-bond donors (Lipinski definition) is 1. The highest BCUT2D eigenvalue weighted by Crippen LogP contribution is 1.98. The van der Waals surface area contributed by atoms with Gasteiger partial charge in [-0.2, -0.15) is 5.10 Å². The van der Waals surface area contributed by atoms with Crippen LogP contribution in [0.3, 0.4) is 0 Å². The molecule has 0 aliphatic rings. The number of aromatic nitrogens is 2. The van der Waals surface area contributed by atoms with Crippen molar-refractivity contribution in [2.24, 2.45) is 0 Å². The maximum Gasteiger partial charge on any atom is 0.127 e. The van der Waals surface area contributed by atoms with Gasteiger partial charge in [0.1, 0.15) is 4.60 Å². The highest BCUT2D eigenvalue weighted by Gasteiger charge is 1.77. The third kappa shape index (κ3) is 0.597. The van der Waals surface area contributed by atoms with E-state index in [1.807, 2.05) is 0 Å². The highest BCUT2D eigenvalue weighted by atomic mass is 79.9. The van der Waals surface area contributed by atoms with E-state index in [-0.39, 0.29) is 12.2 Å². The first-order valence-electron chi connectivity index (χ1n) is 2.39. The Hall–Kier alpha value is -0.310. The van der Waals surface area contributed by atoms with Gasteiger partial charge in [-0.05, 0) is 22.0 Å². The van der Waals surface area contributed by atoms with Gasteiger partial charge in [0.15, 0.2) is 0 Å². The first kappa shape index (κ1) is 2.12. The Balaban J connectivity index is 3.19. The topological polar surface area (TPSA) is 28.7 Å². The molecule has 6 heavy (non-hydrogen) atoms. The van der Waals surface area contributed by atoms with Crippen LogP contribution in [0.1, 0.15) is 2.74 Å². The average molecular weight is 149 g/mol. The summed E-state index contributed by atoms with van der Waals surface area (Å²) in [6, 6.07) is 0.102. The fourth-order valence-corrected chi connectivity index (χ4v) is 0.372. The Labute approximate surface area is 46.5 Å². The molecule has 0 saturated heterocycles. The summed E-state index contributed by atoms with van der Waals surface area (Å²) >= 11 is 2.97. The van der Waals surface area contributed by atoms with Gasteiger partial charge in [0.2, 0.25) is 0 Å². The number of nitrogens with one attached hydrogen (secondary N) is 1. The van der Waals surface area contributed by atoms with Crippen molar-refractivity contribution < 1.29 is 2.74 Å². The summed E-state index contributed by atoms with van der Waals surface area (Å²) in [6.07, 6.45) is 0.0388. The molecule has 0 spiro atoms. The molecular formula is C3H3BrN2. The van der Waals surface area contributed by atoms with Gasteiger partial charge in [0.05, 0.1) is 2.74 Å². The summed E-state index contributed by atoms with van der Waals surface area (Å²) in [4.78, 5) is 0. The van der Waals surface area contributed by atoms with Gasteiger partial charge in [-0.1, -0.05) is 0 Å². The maximum atomic E-state index is 7.00. The van der Waals surface area contributed by atoms with Gasteiger partial charge in [-0.15, -0.1) is 0 Å². The van der Waals surface area contributed by atoms with E-state index in [1.54, 1.807) is 0 Å². The molecule has 0 bridgehead atoms. The van der Waals surface area contributed by atoms with Gasteiger partial charge < -0.3 is 0 Å². The molecular weight excluding hydrogens is 144 g/mol. The number of H-pyrrole nitrogens is 1. The Morgan fingerprint density at radius 1 is 2.17 bits per heavy atom. The quantitative estimate of drug-likeness (QED) is 0.589. The number of aromatic amines is 1. The van der Waals surface area contributed by atoms with Gasteiger partial charge in [0, 0.05) is 6.17 Å². The van der Waals surface area contributed by atoms with Crippen molar-refractivity contribution in [2.75, 3.05) is 0 Å². The lowest BCUT2D eigenvalue weighted by Crippen LogP contribution is -1.59. The lowest BCUT2D eigenvalue weighted by Gasteiger charge is -1.62. The first-order valence-corrected chi connectivity index (χ1v) is 2.18. The Kier molecular flexibility index (Phi) is 0.503. The van der Waals surface area contributed by atoms with E-state index in [0.717, 1.165) is 0 Å². The zero-order valence-electron chi connectivity index (χ0n) is 4.83. The van der Waals surface area contributed by atoms with Gasteiger partial charge >= 0.3 is 0 Å². The second-order valence-electron chi connectivity index (χ2n) is 0.764. The molecule has 1 N–H and O–H groups in total. The zero-order chi connectivity index (χ0) is 6.15. The lowest BCUT2D eigenvalue weighted by molar-refractivity contribution is 1.07. The average Bonchev–Trinajstić information content (AvgIpc) is 1.98. The molecule has 1 rings (SSSR count). The Bertz CT molecular complexity index is 178. The maximum absolute atomic E-state index is 7.00. The van der Waals surface area contributed by atoms with Gasteiger partial charge in [-0.3, -0.25) is 5.10 Å². The minimum absolute atomic E-state index is 0.0388. The van der Waals surface area contributed by atoms with Crippen LogP contribution in [0.4, 0.5) is 0 Å². The monoisotopic (exact) mass is 148 g/mol. The fraction of sp³-hybridized carbons (Fsp3) is 0. The van der Waals surface area contributed by atoms with Gasteiger partial charge in [0.25, 0.3) is 0 Å². The van der Waals surface area contributed by atoms with Crippen molar-refractivity contribution in [1.29, 1.82) is 0 Å². The summed E-state index contributed by atoms with van der Waals surface area (Å²) in [5, 5.41) is 5.85. The van der Waals surface area contributed by atoms with Crippen LogP contribution in [-0.4, -0.2) is 10.2 Å². The number of rotatable bonds is 0. The van der Waals surface area contributed by atoms with Crippen LogP contribution in [-0.2, 0) is 0 Å². The number of hydrogen-bond acceptors (Lipinski definition) is 1. The van der Waals surface area contributed by atoms with E-state index >= 15 is 0 Å². The number of nitrogens with zero attached hydrogens (tertiary/aromatic N) is 1. The van der Waals surface area contributed by atoms with Crippen molar-refractivity contribution in [3.63, 3.8) is 0 Å². The van der Waals surface area contributed by atoms with Crippen LogP contribution >= 0.6 is 15.9 Å². The largest absolute Gasteiger partial charge is 0.285 e. The summed E-state index contributed by atoms with van der Waals surface area (Å²) in [5.41, 5.74) is 0. The van der Waals surface area contributed by atoms with E-state index in [2.05, 4.69) is 26.1 Å². The standard InChI is InChI=1S/C3H3BrN2/c4-3-1-2-5-6-3/h1-2H,(H,5,6)/i1D,2D. The molecule has 1 aromatic rings. The minimum atomic E-state index is 0.0388. The Morgan fingerprint density at radius 2 is 3.00 bits per heavy atom. The van der Waals surface area contributed by atoms with Crippen molar-refractivity contribution in [1.82, 2.24) is 10.2 Å².